The van der Waals surface area contributed by atoms with Gasteiger partial charge in [-0.3, -0.25) is 0 Å². The van der Waals surface area contributed by atoms with E-state index < -0.39 is 0 Å². The molecular formula is C11H16N2O2. The van der Waals surface area contributed by atoms with Gasteiger partial charge in [-0.25, -0.2) is 0 Å². The number of ether oxygens (including phenoxy) is 2. The maximum absolute atomic E-state index is 5.34. The van der Waals surface area contributed by atoms with E-state index in [1.54, 1.807) is 14.2 Å². The Morgan fingerprint density at radius 3 is 2.73 bits per heavy atom. The maximum atomic E-state index is 5.34. The van der Waals surface area contributed by atoms with Crippen LogP contribution in [0.2, 0.25) is 0 Å². The Morgan fingerprint density at radius 2 is 2.00 bits per heavy atom. The van der Waals surface area contributed by atoms with Crippen LogP contribution in [-0.2, 0) is 6.54 Å². The number of methoxy groups -OCH3 is 2. The zero-order valence-corrected chi connectivity index (χ0v) is 9.09. The van der Waals surface area contributed by atoms with Crippen LogP contribution < -0.4 is 20.1 Å². The molecule has 1 aromatic carbocycles. The van der Waals surface area contributed by atoms with E-state index in [2.05, 4.69) is 10.6 Å². The first-order valence-electron chi connectivity index (χ1n) is 5.04. The van der Waals surface area contributed by atoms with Gasteiger partial charge in [0.1, 0.15) is 11.5 Å². The average molecular weight is 208 g/mol. The third-order valence-corrected chi connectivity index (χ3v) is 2.53. The van der Waals surface area contributed by atoms with Crippen LogP contribution in [0.5, 0.6) is 11.5 Å². The molecule has 82 valence electrons. The summed E-state index contributed by atoms with van der Waals surface area (Å²) >= 11 is 0. The third-order valence-electron chi connectivity index (χ3n) is 2.53. The minimum absolute atomic E-state index is 0.830. The highest BCUT2D eigenvalue weighted by molar-refractivity contribution is 5.65. The lowest BCUT2D eigenvalue weighted by molar-refractivity contribution is 0.394. The van der Waals surface area contributed by atoms with E-state index in [-0.39, 0.29) is 0 Å². The summed E-state index contributed by atoms with van der Waals surface area (Å²) in [5.74, 6) is 1.67. The summed E-state index contributed by atoms with van der Waals surface area (Å²) in [6.07, 6.45) is 0. The molecule has 0 saturated carbocycles. The van der Waals surface area contributed by atoms with Crippen molar-refractivity contribution >= 4 is 5.69 Å². The molecule has 0 bridgehead atoms. The van der Waals surface area contributed by atoms with Gasteiger partial charge in [0.2, 0.25) is 0 Å². The molecule has 0 spiro atoms. The van der Waals surface area contributed by atoms with Gasteiger partial charge in [0, 0.05) is 25.7 Å². The first kappa shape index (κ1) is 10.1. The molecule has 4 heteroatoms. The first-order chi connectivity index (χ1) is 7.35. The third kappa shape index (κ3) is 1.99. The van der Waals surface area contributed by atoms with Crippen molar-refractivity contribution in [3.63, 3.8) is 0 Å². The summed E-state index contributed by atoms with van der Waals surface area (Å²) < 4.78 is 10.6. The molecule has 0 radical (unpaired) electrons. The molecule has 0 atom stereocenters. The number of benzene rings is 1. The number of fused-ring (bicyclic) bond motifs is 1. The predicted octanol–water partition coefficient (Wildman–Crippen LogP) is 1.22. The van der Waals surface area contributed by atoms with Gasteiger partial charge in [0.15, 0.2) is 0 Å². The zero-order valence-electron chi connectivity index (χ0n) is 9.09. The van der Waals surface area contributed by atoms with Crippen LogP contribution in [0, 0.1) is 0 Å². The van der Waals surface area contributed by atoms with Crippen LogP contribution in [-0.4, -0.2) is 27.3 Å². The molecule has 1 aliphatic rings. The van der Waals surface area contributed by atoms with Gasteiger partial charge in [-0.15, -0.1) is 0 Å². The summed E-state index contributed by atoms with van der Waals surface area (Å²) in [5, 5.41) is 6.69. The standard InChI is InChI=1S/C11H16N2O2/c1-14-9-5-8-7-12-3-4-13-11(8)10(6-9)15-2/h5-6,12-13H,3-4,7H2,1-2H3. The lowest BCUT2D eigenvalue weighted by Crippen LogP contribution is -2.16. The zero-order chi connectivity index (χ0) is 10.7. The van der Waals surface area contributed by atoms with Gasteiger partial charge < -0.3 is 20.1 Å². The lowest BCUT2D eigenvalue weighted by Gasteiger charge is -2.14. The van der Waals surface area contributed by atoms with Gasteiger partial charge in [0.25, 0.3) is 0 Å². The molecule has 0 aliphatic carbocycles. The number of anilines is 1. The van der Waals surface area contributed by atoms with E-state index in [0.29, 0.717) is 0 Å². The van der Waals surface area contributed by atoms with E-state index in [0.717, 1.165) is 36.8 Å². The molecule has 2 rings (SSSR count). The van der Waals surface area contributed by atoms with Crippen molar-refractivity contribution in [1.29, 1.82) is 0 Å². The van der Waals surface area contributed by atoms with Crippen LogP contribution >= 0.6 is 0 Å². The molecule has 0 aromatic heterocycles. The Labute approximate surface area is 89.6 Å². The second-order valence-electron chi connectivity index (χ2n) is 3.47. The second-order valence-corrected chi connectivity index (χ2v) is 3.47. The summed E-state index contributed by atoms with van der Waals surface area (Å²) in [5.41, 5.74) is 2.26. The number of rotatable bonds is 2. The van der Waals surface area contributed by atoms with Crippen LogP contribution in [0.1, 0.15) is 5.56 Å². The molecule has 0 amide bonds. The smallest absolute Gasteiger partial charge is 0.145 e. The van der Waals surface area contributed by atoms with Crippen LogP contribution in [0.4, 0.5) is 5.69 Å². The summed E-state index contributed by atoms with van der Waals surface area (Å²) in [6, 6.07) is 3.93. The number of hydrogen-bond acceptors (Lipinski definition) is 4. The lowest BCUT2D eigenvalue weighted by atomic mass is 10.1. The Bertz CT molecular complexity index is 353. The van der Waals surface area contributed by atoms with Crippen molar-refractivity contribution in [2.75, 3.05) is 32.6 Å². The van der Waals surface area contributed by atoms with E-state index >= 15 is 0 Å². The molecular weight excluding hydrogens is 192 g/mol. The Balaban J connectivity index is 2.45. The van der Waals surface area contributed by atoms with Crippen LogP contribution in [0.3, 0.4) is 0 Å². The van der Waals surface area contributed by atoms with E-state index in [1.165, 1.54) is 5.56 Å². The normalized spacial score (nSPS) is 14.8. The molecule has 4 nitrogen and oxygen atoms in total. The van der Waals surface area contributed by atoms with Crippen molar-refractivity contribution in [3.8, 4) is 11.5 Å². The second kappa shape index (κ2) is 4.40. The number of hydrogen-bond donors (Lipinski definition) is 2. The molecule has 0 fully saturated rings. The van der Waals surface area contributed by atoms with Gasteiger partial charge in [-0.2, -0.15) is 0 Å². The average Bonchev–Trinajstić information content (AvgIpc) is 2.52. The Morgan fingerprint density at radius 1 is 1.13 bits per heavy atom. The highest BCUT2D eigenvalue weighted by Crippen LogP contribution is 2.34. The SMILES string of the molecule is COc1cc2c(c(OC)c1)NCCNC2. The molecule has 0 unspecified atom stereocenters. The van der Waals surface area contributed by atoms with Gasteiger partial charge in [0.05, 0.1) is 19.9 Å². The highest BCUT2D eigenvalue weighted by atomic mass is 16.5. The van der Waals surface area contributed by atoms with Crippen LogP contribution in [0.25, 0.3) is 0 Å². The fourth-order valence-corrected chi connectivity index (χ4v) is 1.76. The first-order valence-corrected chi connectivity index (χ1v) is 5.04. The van der Waals surface area contributed by atoms with E-state index in [4.69, 9.17) is 9.47 Å². The Hall–Kier alpha value is -1.42. The monoisotopic (exact) mass is 208 g/mol. The topological polar surface area (TPSA) is 42.5 Å². The fraction of sp³-hybridized carbons (Fsp3) is 0.455. The molecule has 15 heavy (non-hydrogen) atoms. The quantitative estimate of drug-likeness (QED) is 0.767. The highest BCUT2D eigenvalue weighted by Gasteiger charge is 2.13. The molecule has 2 N–H and O–H groups in total. The summed E-state index contributed by atoms with van der Waals surface area (Å²) in [4.78, 5) is 0. The van der Waals surface area contributed by atoms with Crippen LogP contribution in [0.15, 0.2) is 12.1 Å². The van der Waals surface area contributed by atoms with Gasteiger partial charge in [-0.05, 0) is 11.6 Å². The van der Waals surface area contributed by atoms with E-state index in [9.17, 15) is 0 Å². The minimum atomic E-state index is 0.830. The van der Waals surface area contributed by atoms with Crippen molar-refractivity contribution in [2.24, 2.45) is 0 Å². The van der Waals surface area contributed by atoms with Crippen molar-refractivity contribution in [2.45, 2.75) is 6.54 Å². The predicted molar refractivity (Wildman–Crippen MR) is 59.7 cm³/mol. The minimum Gasteiger partial charge on any atom is -0.497 e. The summed E-state index contributed by atoms with van der Waals surface area (Å²) in [7, 11) is 3.34. The summed E-state index contributed by atoms with van der Waals surface area (Å²) in [6.45, 7) is 2.71. The fourth-order valence-electron chi connectivity index (χ4n) is 1.76. The largest absolute Gasteiger partial charge is 0.497 e. The van der Waals surface area contributed by atoms with Gasteiger partial charge >= 0.3 is 0 Å². The van der Waals surface area contributed by atoms with Crippen molar-refractivity contribution in [3.05, 3.63) is 17.7 Å². The number of nitrogens with one attached hydrogen (secondary N) is 2. The molecule has 1 heterocycles. The van der Waals surface area contributed by atoms with Crippen molar-refractivity contribution in [1.82, 2.24) is 5.32 Å². The van der Waals surface area contributed by atoms with E-state index in [1.807, 2.05) is 12.1 Å². The molecule has 1 aromatic rings. The maximum Gasteiger partial charge on any atom is 0.145 e. The molecule has 0 saturated heterocycles. The Kier molecular flexibility index (Phi) is 2.97. The van der Waals surface area contributed by atoms with Crippen molar-refractivity contribution < 1.29 is 9.47 Å². The van der Waals surface area contributed by atoms with Gasteiger partial charge in [-0.1, -0.05) is 0 Å². The molecule has 1 aliphatic heterocycles.